The average molecular weight is 435 g/mol. The van der Waals surface area contributed by atoms with Crippen LogP contribution in [-0.2, 0) is 14.9 Å². The first-order valence-corrected chi connectivity index (χ1v) is 10.7. The topological polar surface area (TPSA) is 77.4 Å². The van der Waals surface area contributed by atoms with E-state index in [0.29, 0.717) is 30.6 Å². The molecule has 2 aromatic rings. The van der Waals surface area contributed by atoms with Crippen LogP contribution >= 0.6 is 11.6 Å². The van der Waals surface area contributed by atoms with Crippen LogP contribution in [0.15, 0.2) is 30.5 Å². The molecule has 0 saturated carbocycles. The first-order valence-electron chi connectivity index (χ1n) is 10.4. The fraction of sp³-hybridized carbons (Fsp3) is 0.545. The van der Waals surface area contributed by atoms with Gasteiger partial charge in [0, 0.05) is 47.9 Å². The largest absolute Gasteiger partial charge is 0.496 e. The molecule has 0 radical (unpaired) electrons. The van der Waals surface area contributed by atoms with Gasteiger partial charge in [-0.1, -0.05) is 11.6 Å². The van der Waals surface area contributed by atoms with Crippen molar-refractivity contribution in [2.75, 3.05) is 32.2 Å². The third-order valence-electron chi connectivity index (χ3n) is 5.73. The number of anilines is 1. The molecular weight excluding hydrogens is 404 g/mol. The number of methoxy groups -OCH3 is 1. The molecule has 7 nitrogen and oxygen atoms in total. The standard InChI is InChI=1S/C22H31ClN4O3/c1-15(2)27-20(7-10-25-27)26-21(28)16(3)24-14-22(8-11-30-12-9-22)18-13-17(23)5-6-19(18)29-4/h5-7,10,13,15-16,24H,8-9,11-12,14H2,1-4H3,(H,26,28). The van der Waals surface area contributed by atoms with Crippen molar-refractivity contribution in [3.63, 3.8) is 0 Å². The fourth-order valence-electron chi connectivity index (χ4n) is 3.90. The molecule has 0 spiro atoms. The highest BCUT2D eigenvalue weighted by Crippen LogP contribution is 2.40. The Bertz CT molecular complexity index is 862. The number of halogens is 1. The summed E-state index contributed by atoms with van der Waals surface area (Å²) in [6.45, 7) is 7.85. The lowest BCUT2D eigenvalue weighted by Crippen LogP contribution is -2.48. The van der Waals surface area contributed by atoms with Crippen LogP contribution in [0.4, 0.5) is 5.82 Å². The molecule has 1 unspecified atom stereocenters. The lowest BCUT2D eigenvalue weighted by molar-refractivity contribution is -0.117. The van der Waals surface area contributed by atoms with E-state index in [1.54, 1.807) is 24.1 Å². The number of amides is 1. The maximum Gasteiger partial charge on any atom is 0.242 e. The van der Waals surface area contributed by atoms with Crippen LogP contribution < -0.4 is 15.4 Å². The first kappa shape index (κ1) is 22.6. The summed E-state index contributed by atoms with van der Waals surface area (Å²) in [7, 11) is 1.67. The van der Waals surface area contributed by atoms with Gasteiger partial charge in [-0.05, 0) is 51.8 Å². The number of rotatable bonds is 8. The zero-order valence-electron chi connectivity index (χ0n) is 18.1. The van der Waals surface area contributed by atoms with Crippen LogP contribution in [0.1, 0.15) is 45.2 Å². The van der Waals surface area contributed by atoms with E-state index >= 15 is 0 Å². The molecule has 2 heterocycles. The Morgan fingerprint density at radius 3 is 2.70 bits per heavy atom. The minimum Gasteiger partial charge on any atom is -0.496 e. The van der Waals surface area contributed by atoms with Crippen molar-refractivity contribution in [1.29, 1.82) is 0 Å². The third-order valence-corrected chi connectivity index (χ3v) is 5.97. The highest BCUT2D eigenvalue weighted by Gasteiger charge is 2.37. The molecule has 0 aliphatic carbocycles. The summed E-state index contributed by atoms with van der Waals surface area (Å²) in [5.74, 6) is 1.40. The number of carbonyl (C=O) groups is 1. The van der Waals surface area contributed by atoms with Gasteiger partial charge in [0.2, 0.25) is 5.91 Å². The Labute approximate surface area is 183 Å². The summed E-state index contributed by atoms with van der Waals surface area (Å²) < 4.78 is 13.0. The third kappa shape index (κ3) is 4.96. The minimum atomic E-state index is -0.384. The van der Waals surface area contributed by atoms with E-state index in [4.69, 9.17) is 21.1 Å². The molecule has 1 atom stereocenters. The van der Waals surface area contributed by atoms with Gasteiger partial charge in [0.25, 0.3) is 0 Å². The molecule has 1 aromatic heterocycles. The van der Waals surface area contributed by atoms with E-state index in [2.05, 4.69) is 15.7 Å². The molecule has 0 bridgehead atoms. The summed E-state index contributed by atoms with van der Waals surface area (Å²) in [4.78, 5) is 12.8. The van der Waals surface area contributed by atoms with Crippen molar-refractivity contribution in [3.05, 3.63) is 41.0 Å². The Hall–Kier alpha value is -2.09. The van der Waals surface area contributed by atoms with Gasteiger partial charge in [-0.15, -0.1) is 0 Å². The summed E-state index contributed by atoms with van der Waals surface area (Å²) >= 11 is 6.31. The van der Waals surface area contributed by atoms with E-state index in [9.17, 15) is 4.79 Å². The molecule has 1 saturated heterocycles. The molecule has 1 aromatic carbocycles. The Balaban J connectivity index is 1.74. The summed E-state index contributed by atoms with van der Waals surface area (Å²) in [6.07, 6.45) is 3.34. The van der Waals surface area contributed by atoms with Gasteiger partial charge in [0.1, 0.15) is 11.6 Å². The number of hydrogen-bond acceptors (Lipinski definition) is 5. The van der Waals surface area contributed by atoms with Crippen LogP contribution in [0, 0.1) is 0 Å². The normalized spacial score (nSPS) is 17.0. The number of nitrogens with zero attached hydrogens (tertiary/aromatic N) is 2. The fourth-order valence-corrected chi connectivity index (χ4v) is 4.07. The summed E-state index contributed by atoms with van der Waals surface area (Å²) in [5, 5.41) is 11.3. The predicted molar refractivity (Wildman–Crippen MR) is 118 cm³/mol. The van der Waals surface area contributed by atoms with Crippen LogP contribution in [0.3, 0.4) is 0 Å². The van der Waals surface area contributed by atoms with Crippen LogP contribution in [0.5, 0.6) is 5.75 Å². The zero-order valence-corrected chi connectivity index (χ0v) is 18.8. The highest BCUT2D eigenvalue weighted by molar-refractivity contribution is 6.30. The monoisotopic (exact) mass is 434 g/mol. The Morgan fingerprint density at radius 2 is 2.03 bits per heavy atom. The number of ether oxygens (including phenoxy) is 2. The van der Waals surface area contributed by atoms with Crippen molar-refractivity contribution in [2.24, 2.45) is 0 Å². The molecule has 164 valence electrons. The van der Waals surface area contributed by atoms with E-state index in [-0.39, 0.29) is 23.4 Å². The van der Waals surface area contributed by atoms with Crippen molar-refractivity contribution >= 4 is 23.3 Å². The second-order valence-corrected chi connectivity index (χ2v) is 8.52. The van der Waals surface area contributed by atoms with E-state index in [1.165, 1.54) is 0 Å². The molecular formula is C22H31ClN4O3. The molecule has 1 amide bonds. The highest BCUT2D eigenvalue weighted by atomic mass is 35.5. The SMILES string of the molecule is COc1ccc(Cl)cc1C1(CNC(C)C(=O)Nc2ccnn2C(C)C)CCOCC1. The first-order chi connectivity index (χ1) is 14.4. The van der Waals surface area contributed by atoms with E-state index < -0.39 is 0 Å². The predicted octanol–water partition coefficient (Wildman–Crippen LogP) is 3.79. The number of benzene rings is 1. The molecule has 1 aliphatic rings. The quantitative estimate of drug-likeness (QED) is 0.660. The second-order valence-electron chi connectivity index (χ2n) is 8.08. The molecule has 30 heavy (non-hydrogen) atoms. The molecule has 1 aliphatic heterocycles. The maximum atomic E-state index is 12.8. The number of hydrogen-bond donors (Lipinski definition) is 2. The van der Waals surface area contributed by atoms with Gasteiger partial charge in [-0.3, -0.25) is 4.79 Å². The average Bonchev–Trinajstić information content (AvgIpc) is 3.21. The van der Waals surface area contributed by atoms with Crippen molar-refractivity contribution < 1.29 is 14.3 Å². The van der Waals surface area contributed by atoms with Gasteiger partial charge in [-0.2, -0.15) is 5.10 Å². The number of nitrogens with one attached hydrogen (secondary N) is 2. The van der Waals surface area contributed by atoms with Gasteiger partial charge < -0.3 is 20.1 Å². The Morgan fingerprint density at radius 1 is 1.30 bits per heavy atom. The van der Waals surface area contributed by atoms with Gasteiger partial charge in [0.05, 0.1) is 19.3 Å². The summed E-state index contributed by atoms with van der Waals surface area (Å²) in [5.41, 5.74) is 0.835. The smallest absolute Gasteiger partial charge is 0.242 e. The van der Waals surface area contributed by atoms with E-state index in [0.717, 1.165) is 24.2 Å². The van der Waals surface area contributed by atoms with Crippen LogP contribution in [0.2, 0.25) is 5.02 Å². The van der Waals surface area contributed by atoms with Crippen LogP contribution in [0.25, 0.3) is 0 Å². The molecule has 8 heteroatoms. The molecule has 2 N–H and O–H groups in total. The molecule has 1 fully saturated rings. The maximum absolute atomic E-state index is 12.8. The van der Waals surface area contributed by atoms with Gasteiger partial charge >= 0.3 is 0 Å². The minimum absolute atomic E-state index is 0.0994. The number of aromatic nitrogens is 2. The van der Waals surface area contributed by atoms with Crippen molar-refractivity contribution in [2.45, 2.75) is 51.1 Å². The molecule has 3 rings (SSSR count). The van der Waals surface area contributed by atoms with E-state index in [1.807, 2.05) is 39.0 Å². The summed E-state index contributed by atoms with van der Waals surface area (Å²) in [6, 6.07) is 7.29. The Kier molecular flexibility index (Phi) is 7.39. The number of carbonyl (C=O) groups excluding carboxylic acids is 1. The van der Waals surface area contributed by atoms with Gasteiger partial charge in [-0.25, -0.2) is 4.68 Å². The van der Waals surface area contributed by atoms with Gasteiger partial charge in [0.15, 0.2) is 0 Å². The van der Waals surface area contributed by atoms with Crippen molar-refractivity contribution in [3.8, 4) is 5.75 Å². The second kappa shape index (κ2) is 9.81. The van der Waals surface area contributed by atoms with Crippen molar-refractivity contribution in [1.82, 2.24) is 15.1 Å². The zero-order chi connectivity index (χ0) is 21.7. The lowest BCUT2D eigenvalue weighted by Gasteiger charge is -2.39. The van der Waals surface area contributed by atoms with Crippen LogP contribution in [-0.4, -0.2) is 48.6 Å². The lowest BCUT2D eigenvalue weighted by atomic mass is 9.73.